The molecule has 0 spiro atoms. The van der Waals surface area contributed by atoms with Gasteiger partial charge in [-0.05, 0) is 25.0 Å². The Balaban J connectivity index is 1.33. The summed E-state index contributed by atoms with van der Waals surface area (Å²) in [5, 5.41) is 6.14. The van der Waals surface area contributed by atoms with Crippen molar-refractivity contribution in [1.82, 2.24) is 9.97 Å². The molecule has 1 saturated carbocycles. The molecule has 4 rings (SSSR count). The second-order valence-corrected chi connectivity index (χ2v) is 7.26. The lowest BCUT2D eigenvalue weighted by Crippen LogP contribution is -2.12. The van der Waals surface area contributed by atoms with Crippen molar-refractivity contribution in [3.63, 3.8) is 0 Å². The molecule has 25 heavy (non-hydrogen) atoms. The highest BCUT2D eigenvalue weighted by molar-refractivity contribution is 7.13. The number of nitrogens with zero attached hydrogens (tertiary/aromatic N) is 2. The zero-order valence-electron chi connectivity index (χ0n) is 13.4. The number of oxazole rings is 1. The molecule has 5 nitrogen and oxygen atoms in total. The van der Waals surface area contributed by atoms with Gasteiger partial charge in [-0.2, -0.15) is 0 Å². The molecule has 1 aromatic carbocycles. The first-order valence-corrected chi connectivity index (χ1v) is 9.39. The summed E-state index contributed by atoms with van der Waals surface area (Å²) in [7, 11) is 0. The van der Waals surface area contributed by atoms with E-state index in [0.29, 0.717) is 40.6 Å². The molecule has 0 radical (unpaired) electrons. The van der Waals surface area contributed by atoms with Gasteiger partial charge in [-0.3, -0.25) is 4.79 Å². The highest BCUT2D eigenvalue weighted by atomic mass is 35.5. The number of amides is 1. The van der Waals surface area contributed by atoms with E-state index in [9.17, 15) is 4.79 Å². The van der Waals surface area contributed by atoms with Crippen molar-refractivity contribution in [1.29, 1.82) is 0 Å². The molecule has 2 aromatic heterocycles. The van der Waals surface area contributed by atoms with Crippen molar-refractivity contribution in [3.8, 4) is 11.3 Å². The second kappa shape index (κ2) is 6.98. The van der Waals surface area contributed by atoms with Crippen LogP contribution in [0.2, 0.25) is 5.02 Å². The van der Waals surface area contributed by atoms with Gasteiger partial charge in [0.15, 0.2) is 16.8 Å². The van der Waals surface area contributed by atoms with Gasteiger partial charge < -0.3 is 9.73 Å². The Bertz CT molecular complexity index is 901. The minimum Gasteiger partial charge on any atom is -0.441 e. The lowest BCUT2D eigenvalue weighted by molar-refractivity contribution is -0.116. The van der Waals surface area contributed by atoms with E-state index in [4.69, 9.17) is 16.0 Å². The largest absolute Gasteiger partial charge is 0.441 e. The minimum absolute atomic E-state index is 0.0887. The van der Waals surface area contributed by atoms with Gasteiger partial charge >= 0.3 is 0 Å². The molecule has 1 aliphatic rings. The molecule has 0 aliphatic heterocycles. The number of benzene rings is 1. The van der Waals surface area contributed by atoms with Crippen LogP contribution in [0.15, 0.2) is 40.3 Å². The first kappa shape index (κ1) is 16.3. The van der Waals surface area contributed by atoms with Crippen LogP contribution in [0, 0.1) is 0 Å². The Hall–Kier alpha value is -2.18. The first-order valence-electron chi connectivity index (χ1n) is 8.14. The van der Waals surface area contributed by atoms with E-state index < -0.39 is 0 Å². The summed E-state index contributed by atoms with van der Waals surface area (Å²) >= 11 is 7.63. The number of carbonyl (C=O) groups excluding carboxylic acids is 1. The molecular formula is C18H16ClN3O2S. The quantitative estimate of drug-likeness (QED) is 0.667. The van der Waals surface area contributed by atoms with Crippen LogP contribution in [-0.2, 0) is 11.2 Å². The lowest BCUT2D eigenvalue weighted by Gasteiger charge is -2.00. The van der Waals surface area contributed by atoms with Crippen molar-refractivity contribution in [2.45, 2.75) is 31.6 Å². The predicted molar refractivity (Wildman–Crippen MR) is 98.0 cm³/mol. The lowest BCUT2D eigenvalue weighted by atomic mass is 10.2. The number of anilines is 1. The molecule has 1 N–H and O–H groups in total. The van der Waals surface area contributed by atoms with Crippen LogP contribution in [0.3, 0.4) is 0 Å². The maximum absolute atomic E-state index is 12.1. The van der Waals surface area contributed by atoms with Crippen molar-refractivity contribution < 1.29 is 9.21 Å². The van der Waals surface area contributed by atoms with Gasteiger partial charge in [0.2, 0.25) is 5.91 Å². The normalized spacial score (nSPS) is 13.8. The number of thiazole rings is 1. The zero-order chi connectivity index (χ0) is 17.2. The Morgan fingerprint density at radius 2 is 2.20 bits per heavy atom. The van der Waals surface area contributed by atoms with E-state index in [1.165, 1.54) is 24.2 Å². The van der Waals surface area contributed by atoms with Gasteiger partial charge in [0.1, 0.15) is 0 Å². The van der Waals surface area contributed by atoms with Gasteiger partial charge in [-0.25, -0.2) is 9.97 Å². The monoisotopic (exact) mass is 373 g/mol. The summed E-state index contributed by atoms with van der Waals surface area (Å²) < 4.78 is 5.71. The van der Waals surface area contributed by atoms with E-state index in [1.54, 1.807) is 12.3 Å². The van der Waals surface area contributed by atoms with Gasteiger partial charge in [-0.15, -0.1) is 11.3 Å². The third kappa shape index (κ3) is 3.91. The van der Waals surface area contributed by atoms with Crippen molar-refractivity contribution >= 4 is 34.0 Å². The minimum atomic E-state index is -0.0887. The summed E-state index contributed by atoms with van der Waals surface area (Å²) in [6.45, 7) is 0. The number of aromatic nitrogens is 2. The first-order chi connectivity index (χ1) is 12.2. The summed E-state index contributed by atoms with van der Waals surface area (Å²) in [6, 6.07) is 7.43. The predicted octanol–water partition coefficient (Wildman–Crippen LogP) is 4.90. The summed E-state index contributed by atoms with van der Waals surface area (Å²) in [6.07, 6.45) is 4.76. The van der Waals surface area contributed by atoms with E-state index in [-0.39, 0.29) is 5.91 Å². The van der Waals surface area contributed by atoms with Crippen LogP contribution < -0.4 is 5.32 Å². The maximum Gasteiger partial charge on any atom is 0.226 e. The molecular weight excluding hydrogens is 358 g/mol. The van der Waals surface area contributed by atoms with Gasteiger partial charge in [0.25, 0.3) is 0 Å². The molecule has 1 amide bonds. The fourth-order valence-electron chi connectivity index (χ4n) is 2.52. The third-order valence-corrected chi connectivity index (χ3v) is 5.13. The van der Waals surface area contributed by atoms with E-state index >= 15 is 0 Å². The van der Waals surface area contributed by atoms with Crippen molar-refractivity contribution in [2.24, 2.45) is 0 Å². The molecule has 0 atom stereocenters. The Labute approximate surface area is 154 Å². The molecule has 0 bridgehead atoms. The smallest absolute Gasteiger partial charge is 0.226 e. The van der Waals surface area contributed by atoms with E-state index in [1.807, 2.05) is 23.6 Å². The summed E-state index contributed by atoms with van der Waals surface area (Å²) in [5.41, 5.74) is 1.89. The molecule has 2 heterocycles. The SMILES string of the molecule is O=C(CCc1ncc(-c2ccccc2Cl)o1)Nc1nc(C2CC2)cs1. The van der Waals surface area contributed by atoms with Crippen LogP contribution in [-0.4, -0.2) is 15.9 Å². The van der Waals surface area contributed by atoms with E-state index in [2.05, 4.69) is 15.3 Å². The number of hydrogen-bond acceptors (Lipinski definition) is 5. The van der Waals surface area contributed by atoms with Gasteiger partial charge in [-0.1, -0.05) is 23.7 Å². The number of nitrogens with one attached hydrogen (secondary N) is 1. The summed E-state index contributed by atoms with van der Waals surface area (Å²) in [4.78, 5) is 20.8. The van der Waals surface area contributed by atoms with Crippen molar-refractivity contribution in [2.75, 3.05) is 5.32 Å². The molecule has 1 aliphatic carbocycles. The number of halogens is 1. The number of rotatable bonds is 6. The third-order valence-electron chi connectivity index (χ3n) is 4.02. The topological polar surface area (TPSA) is 68.0 Å². The Kier molecular flexibility index (Phi) is 4.55. The average Bonchev–Trinajstić information content (AvgIpc) is 3.17. The fourth-order valence-corrected chi connectivity index (χ4v) is 3.56. The highest BCUT2D eigenvalue weighted by Gasteiger charge is 2.26. The molecule has 3 aromatic rings. The van der Waals surface area contributed by atoms with Crippen LogP contribution in [0.5, 0.6) is 0 Å². The number of carbonyl (C=O) groups is 1. The second-order valence-electron chi connectivity index (χ2n) is 6.00. The Morgan fingerprint density at radius 3 is 3.00 bits per heavy atom. The molecule has 0 unspecified atom stereocenters. The number of hydrogen-bond donors (Lipinski definition) is 1. The molecule has 7 heteroatoms. The number of aryl methyl sites for hydroxylation is 1. The zero-order valence-corrected chi connectivity index (χ0v) is 14.9. The standard InChI is InChI=1S/C18H16ClN3O2S/c19-13-4-2-1-3-12(13)15-9-20-17(24-15)8-7-16(23)22-18-21-14(10-25-18)11-5-6-11/h1-4,9-11H,5-8H2,(H,21,22,23). The van der Waals surface area contributed by atoms with Crippen LogP contribution in [0.1, 0.15) is 36.8 Å². The summed E-state index contributed by atoms with van der Waals surface area (Å²) in [5.74, 6) is 1.63. The highest BCUT2D eigenvalue weighted by Crippen LogP contribution is 2.40. The maximum atomic E-state index is 12.1. The average molecular weight is 374 g/mol. The fraction of sp³-hybridized carbons (Fsp3) is 0.278. The van der Waals surface area contributed by atoms with Crippen LogP contribution in [0.4, 0.5) is 5.13 Å². The molecule has 1 fully saturated rings. The van der Waals surface area contributed by atoms with Crippen molar-refractivity contribution in [3.05, 3.63) is 52.4 Å². The Morgan fingerprint density at radius 1 is 1.36 bits per heavy atom. The van der Waals surface area contributed by atoms with Crippen LogP contribution in [0.25, 0.3) is 11.3 Å². The molecule has 128 valence electrons. The van der Waals surface area contributed by atoms with Gasteiger partial charge in [0, 0.05) is 29.7 Å². The van der Waals surface area contributed by atoms with Gasteiger partial charge in [0.05, 0.1) is 16.9 Å². The van der Waals surface area contributed by atoms with Crippen LogP contribution >= 0.6 is 22.9 Å². The molecule has 0 saturated heterocycles. The van der Waals surface area contributed by atoms with E-state index in [0.717, 1.165) is 11.3 Å².